The zero-order chi connectivity index (χ0) is 22.8. The highest BCUT2D eigenvalue weighted by atomic mass is 35.5. The molecule has 0 saturated carbocycles. The first kappa shape index (κ1) is 25.6. The Morgan fingerprint density at radius 2 is 1.74 bits per heavy atom. The van der Waals surface area contributed by atoms with Gasteiger partial charge in [-0.15, -0.1) is 11.8 Å². The molecule has 0 aromatic heterocycles. The second kappa shape index (κ2) is 13.0. The Bertz CT molecular complexity index is 871. The first-order valence-electron chi connectivity index (χ1n) is 10.5. The molecule has 2 aromatic carbocycles. The topological polar surface area (TPSA) is 49.4 Å². The highest BCUT2D eigenvalue weighted by Crippen LogP contribution is 2.28. The molecule has 1 N–H and O–H groups in total. The molecule has 0 fully saturated rings. The Balaban J connectivity index is 2.16. The minimum Gasteiger partial charge on any atom is -0.354 e. The highest BCUT2D eigenvalue weighted by Gasteiger charge is 2.28. The lowest BCUT2D eigenvalue weighted by atomic mass is 10.1. The normalized spacial score (nSPS) is 11.8. The molecule has 4 nitrogen and oxygen atoms in total. The molecule has 0 saturated heterocycles. The summed E-state index contributed by atoms with van der Waals surface area (Å²) in [7, 11) is 0. The number of thioether (sulfide) groups is 1. The van der Waals surface area contributed by atoms with Crippen LogP contribution >= 0.6 is 35.0 Å². The van der Waals surface area contributed by atoms with Crippen LogP contribution in [0.1, 0.15) is 43.4 Å². The molecule has 2 rings (SSSR count). The number of nitrogens with one attached hydrogen (secondary N) is 1. The monoisotopic (exact) mass is 480 g/mol. The maximum atomic E-state index is 13.3. The molecule has 0 aliphatic heterocycles. The van der Waals surface area contributed by atoms with E-state index in [2.05, 4.69) is 5.32 Å². The van der Waals surface area contributed by atoms with Crippen molar-refractivity contribution in [2.45, 2.75) is 52.0 Å². The van der Waals surface area contributed by atoms with E-state index in [0.717, 1.165) is 23.1 Å². The number of carbonyl (C=O) groups is 2. The van der Waals surface area contributed by atoms with Crippen molar-refractivity contribution >= 4 is 46.8 Å². The van der Waals surface area contributed by atoms with Gasteiger partial charge in [0, 0.05) is 28.9 Å². The Labute approximate surface area is 199 Å². The summed E-state index contributed by atoms with van der Waals surface area (Å²) in [6.07, 6.45) is 1.40. The van der Waals surface area contributed by atoms with Gasteiger partial charge in [-0.2, -0.15) is 0 Å². The van der Waals surface area contributed by atoms with Crippen molar-refractivity contribution in [1.82, 2.24) is 10.2 Å². The number of carbonyl (C=O) groups excluding carboxylic acids is 2. The van der Waals surface area contributed by atoms with Crippen molar-refractivity contribution in [3.05, 3.63) is 69.2 Å². The zero-order valence-corrected chi connectivity index (χ0v) is 20.6. The SMILES string of the molecule is CCCNC(=O)[C@H](CC)N(Cc1ccccc1C)C(=O)CSCc1c(Cl)cccc1Cl. The average molecular weight is 481 g/mol. The van der Waals surface area contributed by atoms with Gasteiger partial charge in [-0.05, 0) is 48.6 Å². The van der Waals surface area contributed by atoms with Crippen molar-refractivity contribution in [2.75, 3.05) is 12.3 Å². The van der Waals surface area contributed by atoms with Crippen LogP contribution in [0.25, 0.3) is 0 Å². The lowest BCUT2D eigenvalue weighted by Gasteiger charge is -2.31. The average Bonchev–Trinajstić information content (AvgIpc) is 2.75. The van der Waals surface area contributed by atoms with Crippen molar-refractivity contribution in [3.63, 3.8) is 0 Å². The third-order valence-corrected chi connectivity index (χ3v) is 6.72. The van der Waals surface area contributed by atoms with E-state index in [1.54, 1.807) is 23.1 Å². The van der Waals surface area contributed by atoms with E-state index in [1.165, 1.54) is 11.8 Å². The van der Waals surface area contributed by atoms with Gasteiger partial charge >= 0.3 is 0 Å². The van der Waals surface area contributed by atoms with Crippen LogP contribution in [0, 0.1) is 6.92 Å². The Morgan fingerprint density at radius 3 is 2.35 bits per heavy atom. The Kier molecular flexibility index (Phi) is 10.7. The van der Waals surface area contributed by atoms with Crippen LogP contribution in [0.5, 0.6) is 0 Å². The van der Waals surface area contributed by atoms with E-state index in [-0.39, 0.29) is 17.6 Å². The smallest absolute Gasteiger partial charge is 0.242 e. The number of nitrogens with zero attached hydrogens (tertiary/aromatic N) is 1. The number of benzene rings is 2. The summed E-state index contributed by atoms with van der Waals surface area (Å²) in [5, 5.41) is 4.13. The molecule has 0 heterocycles. The molecular formula is C24H30Cl2N2O2S. The van der Waals surface area contributed by atoms with Crippen molar-refractivity contribution < 1.29 is 9.59 Å². The predicted octanol–water partition coefficient (Wildman–Crippen LogP) is 5.87. The number of aryl methyl sites for hydroxylation is 1. The van der Waals surface area contributed by atoms with Gasteiger partial charge < -0.3 is 10.2 Å². The summed E-state index contributed by atoms with van der Waals surface area (Å²) < 4.78 is 0. The van der Waals surface area contributed by atoms with Crippen LogP contribution in [0.15, 0.2) is 42.5 Å². The van der Waals surface area contributed by atoms with Gasteiger partial charge in [0.25, 0.3) is 0 Å². The molecular weight excluding hydrogens is 451 g/mol. The molecule has 2 aromatic rings. The molecule has 0 aliphatic rings. The van der Waals surface area contributed by atoms with Crippen LogP contribution in [0.2, 0.25) is 10.0 Å². The first-order chi connectivity index (χ1) is 14.9. The molecule has 168 valence electrons. The third-order valence-electron chi connectivity index (χ3n) is 5.07. The molecule has 0 unspecified atom stereocenters. The van der Waals surface area contributed by atoms with E-state index in [9.17, 15) is 9.59 Å². The summed E-state index contributed by atoms with van der Waals surface area (Å²) in [4.78, 5) is 27.8. The number of halogens is 2. The minimum absolute atomic E-state index is 0.0741. The molecule has 1 atom stereocenters. The van der Waals surface area contributed by atoms with Gasteiger partial charge in [-0.1, -0.05) is 67.4 Å². The summed E-state index contributed by atoms with van der Waals surface area (Å²) in [6.45, 7) is 6.96. The van der Waals surface area contributed by atoms with E-state index in [1.807, 2.05) is 45.0 Å². The lowest BCUT2D eigenvalue weighted by Crippen LogP contribution is -2.49. The first-order valence-corrected chi connectivity index (χ1v) is 12.4. The number of amides is 2. The molecule has 31 heavy (non-hydrogen) atoms. The fourth-order valence-electron chi connectivity index (χ4n) is 3.25. The van der Waals surface area contributed by atoms with Crippen molar-refractivity contribution in [2.24, 2.45) is 0 Å². The van der Waals surface area contributed by atoms with Gasteiger partial charge in [-0.3, -0.25) is 9.59 Å². The molecule has 0 aliphatic carbocycles. The van der Waals surface area contributed by atoms with Crippen LogP contribution in [0.3, 0.4) is 0 Å². The Hall–Kier alpha value is -1.69. The van der Waals surface area contributed by atoms with E-state index in [0.29, 0.717) is 35.3 Å². The zero-order valence-electron chi connectivity index (χ0n) is 18.3. The minimum atomic E-state index is -0.511. The molecule has 2 amide bonds. The highest BCUT2D eigenvalue weighted by molar-refractivity contribution is 7.99. The summed E-state index contributed by atoms with van der Waals surface area (Å²) in [6, 6.07) is 12.8. The van der Waals surface area contributed by atoms with Gasteiger partial charge in [0.1, 0.15) is 6.04 Å². The van der Waals surface area contributed by atoms with Crippen LogP contribution in [-0.2, 0) is 21.9 Å². The summed E-state index contributed by atoms with van der Waals surface area (Å²) >= 11 is 13.9. The number of rotatable bonds is 11. The fourth-order valence-corrected chi connectivity index (χ4v) is 4.90. The van der Waals surface area contributed by atoms with Crippen LogP contribution in [0.4, 0.5) is 0 Å². The van der Waals surface area contributed by atoms with E-state index in [4.69, 9.17) is 23.2 Å². The standard InChI is InChI=1S/C24H30Cl2N2O2S/c1-4-13-27-24(30)22(5-2)28(14-18-10-7-6-9-17(18)3)23(29)16-31-15-19-20(25)11-8-12-21(19)26/h6-12,22H,4-5,13-16H2,1-3H3,(H,27,30)/t22-/m0/s1. The third kappa shape index (κ3) is 7.44. The van der Waals surface area contributed by atoms with E-state index >= 15 is 0 Å². The number of hydrogen-bond donors (Lipinski definition) is 1. The molecule has 0 radical (unpaired) electrons. The van der Waals surface area contributed by atoms with Gasteiger partial charge in [-0.25, -0.2) is 0 Å². The van der Waals surface area contributed by atoms with Crippen molar-refractivity contribution in [3.8, 4) is 0 Å². The molecule has 0 bridgehead atoms. The second-order valence-electron chi connectivity index (χ2n) is 7.36. The summed E-state index contributed by atoms with van der Waals surface area (Å²) in [5.74, 6) is 0.590. The number of hydrogen-bond acceptors (Lipinski definition) is 3. The fraction of sp³-hybridized carbons (Fsp3) is 0.417. The van der Waals surface area contributed by atoms with Crippen molar-refractivity contribution in [1.29, 1.82) is 0 Å². The second-order valence-corrected chi connectivity index (χ2v) is 9.16. The van der Waals surface area contributed by atoms with Gasteiger partial charge in [0.2, 0.25) is 11.8 Å². The largest absolute Gasteiger partial charge is 0.354 e. The summed E-state index contributed by atoms with van der Waals surface area (Å²) in [5.41, 5.74) is 2.96. The lowest BCUT2D eigenvalue weighted by molar-refractivity contribution is -0.139. The quantitative estimate of drug-likeness (QED) is 0.437. The van der Waals surface area contributed by atoms with Crippen LogP contribution < -0.4 is 5.32 Å². The Morgan fingerprint density at radius 1 is 1.06 bits per heavy atom. The van der Waals surface area contributed by atoms with Crippen LogP contribution in [-0.4, -0.2) is 35.1 Å². The maximum Gasteiger partial charge on any atom is 0.242 e. The van der Waals surface area contributed by atoms with Gasteiger partial charge in [0.15, 0.2) is 0 Å². The predicted molar refractivity (Wildman–Crippen MR) is 132 cm³/mol. The molecule has 7 heteroatoms. The maximum absolute atomic E-state index is 13.3. The molecule has 0 spiro atoms. The van der Waals surface area contributed by atoms with E-state index < -0.39 is 6.04 Å². The van der Waals surface area contributed by atoms with Gasteiger partial charge in [0.05, 0.1) is 5.75 Å².